The number of para-hydroxylation sites is 1. The monoisotopic (exact) mass is 596 g/mol. The topological polar surface area (TPSA) is 104 Å². The number of hydrogen-bond donors (Lipinski definition) is 2. The number of aromatic nitrogens is 1. The van der Waals surface area contributed by atoms with Crippen LogP contribution in [0.1, 0.15) is 32.8 Å². The van der Waals surface area contributed by atoms with Crippen LogP contribution in [0.5, 0.6) is 0 Å². The summed E-state index contributed by atoms with van der Waals surface area (Å²) in [5.41, 5.74) is 2.15. The van der Waals surface area contributed by atoms with E-state index in [4.69, 9.17) is 9.47 Å². The van der Waals surface area contributed by atoms with Gasteiger partial charge in [0.25, 0.3) is 5.91 Å². The molecule has 206 valence electrons. The summed E-state index contributed by atoms with van der Waals surface area (Å²) in [5, 5.41) is 3.95. The molecule has 0 radical (unpaired) electrons. The van der Waals surface area contributed by atoms with Gasteiger partial charge in [-0.15, -0.1) is 0 Å². The Labute approximate surface area is 235 Å². The average Bonchev–Trinajstić information content (AvgIpc) is 3.49. The van der Waals surface area contributed by atoms with Gasteiger partial charge in [0.05, 0.1) is 25.1 Å². The van der Waals surface area contributed by atoms with Gasteiger partial charge in [-0.25, -0.2) is 4.79 Å². The van der Waals surface area contributed by atoms with Crippen LogP contribution in [0.25, 0.3) is 10.9 Å². The fourth-order valence-corrected chi connectivity index (χ4v) is 5.45. The van der Waals surface area contributed by atoms with Gasteiger partial charge in [-0.2, -0.15) is 0 Å². The number of carbonyl (C=O) groups excluding carboxylic acids is 3. The number of aromatic amines is 1. The number of amides is 3. The lowest BCUT2D eigenvalue weighted by molar-refractivity contribution is -0.168. The number of ether oxygens (including phenoxy) is 2. The van der Waals surface area contributed by atoms with E-state index in [0.29, 0.717) is 31.7 Å². The standard InChI is InChI=1S/C29H33BrN4O5/c1-29(2,3)39-28(37)33-16-23-25(17-33)38-24(14-26(35)32-20-10-8-19(30)9-11-20)27(36)34(23)13-12-18-15-31-22-7-5-4-6-21(18)22/h4-11,15,23-25,31H,12-14,16-17H2,1-3H3,(H,32,35). The molecule has 10 heteroatoms. The Balaban J connectivity index is 1.33. The van der Waals surface area contributed by atoms with E-state index in [1.807, 2.05) is 57.3 Å². The highest BCUT2D eigenvalue weighted by Gasteiger charge is 2.49. The molecular weight excluding hydrogens is 564 g/mol. The molecular formula is C29H33BrN4O5. The van der Waals surface area contributed by atoms with E-state index in [1.54, 1.807) is 21.9 Å². The molecule has 0 bridgehead atoms. The molecule has 1 aromatic heterocycles. The highest BCUT2D eigenvalue weighted by molar-refractivity contribution is 9.10. The molecule has 3 heterocycles. The molecule has 3 aromatic rings. The zero-order valence-corrected chi connectivity index (χ0v) is 23.9. The third-order valence-corrected chi connectivity index (χ3v) is 7.51. The number of nitrogens with one attached hydrogen (secondary N) is 2. The summed E-state index contributed by atoms with van der Waals surface area (Å²) < 4.78 is 12.7. The number of hydrogen-bond acceptors (Lipinski definition) is 5. The first-order chi connectivity index (χ1) is 18.6. The summed E-state index contributed by atoms with van der Waals surface area (Å²) in [4.78, 5) is 46.1. The van der Waals surface area contributed by atoms with Crippen molar-refractivity contribution in [3.05, 3.63) is 64.8 Å². The molecule has 2 aliphatic rings. The lowest BCUT2D eigenvalue weighted by Gasteiger charge is -2.40. The summed E-state index contributed by atoms with van der Waals surface area (Å²) in [7, 11) is 0. The predicted molar refractivity (Wildman–Crippen MR) is 151 cm³/mol. The Hall–Kier alpha value is -3.37. The third kappa shape index (κ3) is 6.28. The Morgan fingerprint density at radius 1 is 1.13 bits per heavy atom. The second kappa shape index (κ2) is 11.0. The zero-order chi connectivity index (χ0) is 27.7. The minimum Gasteiger partial charge on any atom is -0.444 e. The van der Waals surface area contributed by atoms with Crippen molar-refractivity contribution in [3.63, 3.8) is 0 Å². The van der Waals surface area contributed by atoms with Gasteiger partial charge in [0.15, 0.2) is 0 Å². The SMILES string of the molecule is CC(C)(C)OC(=O)N1CC2OC(CC(=O)Nc3ccc(Br)cc3)C(=O)N(CCc3c[nH]c4ccccc34)C2C1. The number of halogens is 1. The molecule has 3 amide bonds. The smallest absolute Gasteiger partial charge is 0.410 e. The van der Waals surface area contributed by atoms with E-state index in [9.17, 15) is 14.4 Å². The maximum atomic E-state index is 13.7. The molecule has 0 aliphatic carbocycles. The molecule has 2 aliphatic heterocycles. The number of morpholine rings is 1. The van der Waals surface area contributed by atoms with Gasteiger partial charge >= 0.3 is 6.09 Å². The third-order valence-electron chi connectivity index (χ3n) is 6.98. The van der Waals surface area contributed by atoms with E-state index in [1.165, 1.54) is 0 Å². The molecule has 39 heavy (non-hydrogen) atoms. The fraction of sp³-hybridized carbons (Fsp3) is 0.414. The molecule has 9 nitrogen and oxygen atoms in total. The Morgan fingerprint density at radius 3 is 2.62 bits per heavy atom. The van der Waals surface area contributed by atoms with Gasteiger partial charge in [0, 0.05) is 40.3 Å². The fourth-order valence-electron chi connectivity index (χ4n) is 5.19. The van der Waals surface area contributed by atoms with Crippen LogP contribution in [0.2, 0.25) is 0 Å². The minimum absolute atomic E-state index is 0.117. The minimum atomic E-state index is -0.941. The number of likely N-dealkylation sites (tertiary alicyclic amines) is 1. The van der Waals surface area contributed by atoms with Crippen molar-refractivity contribution in [1.29, 1.82) is 0 Å². The number of carbonyl (C=O) groups is 3. The lowest BCUT2D eigenvalue weighted by atomic mass is 10.0. The second-order valence-corrected chi connectivity index (χ2v) is 11.9. The van der Waals surface area contributed by atoms with Crippen molar-refractivity contribution in [2.45, 2.75) is 57.5 Å². The van der Waals surface area contributed by atoms with Crippen LogP contribution < -0.4 is 5.32 Å². The quantitative estimate of drug-likeness (QED) is 0.428. The van der Waals surface area contributed by atoms with Crippen LogP contribution >= 0.6 is 15.9 Å². The number of rotatable bonds is 6. The number of fused-ring (bicyclic) bond motifs is 2. The van der Waals surface area contributed by atoms with Crippen LogP contribution in [0.4, 0.5) is 10.5 Å². The summed E-state index contributed by atoms with van der Waals surface area (Å²) in [6.07, 6.45) is 0.691. The van der Waals surface area contributed by atoms with E-state index < -0.39 is 23.9 Å². The van der Waals surface area contributed by atoms with Gasteiger partial charge in [-0.3, -0.25) is 9.59 Å². The largest absolute Gasteiger partial charge is 0.444 e. The van der Waals surface area contributed by atoms with Gasteiger partial charge in [0.2, 0.25) is 5.91 Å². The molecule has 2 aromatic carbocycles. The molecule has 3 atom stereocenters. The zero-order valence-electron chi connectivity index (χ0n) is 22.3. The number of benzene rings is 2. The van der Waals surface area contributed by atoms with Crippen molar-refractivity contribution in [1.82, 2.24) is 14.8 Å². The first-order valence-corrected chi connectivity index (χ1v) is 13.9. The van der Waals surface area contributed by atoms with E-state index in [2.05, 4.69) is 32.3 Å². The molecule has 2 fully saturated rings. The summed E-state index contributed by atoms with van der Waals surface area (Å²) in [6.45, 7) is 6.52. The normalized spacial score (nSPS) is 21.2. The van der Waals surface area contributed by atoms with Crippen LogP contribution in [-0.2, 0) is 25.5 Å². The summed E-state index contributed by atoms with van der Waals surface area (Å²) in [5.74, 6) is -0.555. The molecule has 2 N–H and O–H groups in total. The van der Waals surface area contributed by atoms with E-state index in [-0.39, 0.29) is 24.3 Å². The van der Waals surface area contributed by atoms with Crippen molar-refractivity contribution in [3.8, 4) is 0 Å². The van der Waals surface area contributed by atoms with Crippen LogP contribution in [0, 0.1) is 0 Å². The van der Waals surface area contributed by atoms with Gasteiger partial charge in [0.1, 0.15) is 11.7 Å². The second-order valence-electron chi connectivity index (χ2n) is 11.0. The van der Waals surface area contributed by atoms with Crippen LogP contribution in [-0.4, -0.2) is 76.2 Å². The van der Waals surface area contributed by atoms with Crippen molar-refractivity contribution < 1.29 is 23.9 Å². The number of H-pyrrole nitrogens is 1. The highest BCUT2D eigenvalue weighted by atomic mass is 79.9. The molecule has 2 saturated heterocycles. The Kier molecular flexibility index (Phi) is 7.68. The maximum absolute atomic E-state index is 13.7. The summed E-state index contributed by atoms with van der Waals surface area (Å²) >= 11 is 3.38. The Morgan fingerprint density at radius 2 is 1.87 bits per heavy atom. The maximum Gasteiger partial charge on any atom is 0.410 e. The molecule has 5 rings (SSSR count). The van der Waals surface area contributed by atoms with E-state index in [0.717, 1.165) is 20.9 Å². The van der Waals surface area contributed by atoms with Gasteiger partial charge < -0.3 is 29.6 Å². The Bertz CT molecular complexity index is 1370. The molecule has 0 spiro atoms. The van der Waals surface area contributed by atoms with Gasteiger partial charge in [-0.1, -0.05) is 34.1 Å². The van der Waals surface area contributed by atoms with Crippen molar-refractivity contribution >= 4 is 50.4 Å². The molecule has 3 unspecified atom stereocenters. The molecule has 0 saturated carbocycles. The number of anilines is 1. The number of nitrogens with zero attached hydrogens (tertiary/aromatic N) is 2. The summed E-state index contributed by atoms with van der Waals surface area (Å²) in [6, 6.07) is 15.0. The lowest BCUT2D eigenvalue weighted by Crippen LogP contribution is -2.59. The van der Waals surface area contributed by atoms with Gasteiger partial charge in [-0.05, 0) is 63.1 Å². The first kappa shape index (κ1) is 27.2. The first-order valence-electron chi connectivity index (χ1n) is 13.1. The highest BCUT2D eigenvalue weighted by Crippen LogP contribution is 2.30. The van der Waals surface area contributed by atoms with Crippen LogP contribution in [0.3, 0.4) is 0 Å². The van der Waals surface area contributed by atoms with Crippen molar-refractivity contribution in [2.24, 2.45) is 0 Å². The predicted octanol–water partition coefficient (Wildman–Crippen LogP) is 4.72. The van der Waals surface area contributed by atoms with E-state index >= 15 is 0 Å². The average molecular weight is 598 g/mol. The van der Waals surface area contributed by atoms with Crippen molar-refractivity contribution in [2.75, 3.05) is 25.0 Å². The van der Waals surface area contributed by atoms with Crippen LogP contribution in [0.15, 0.2) is 59.2 Å².